The van der Waals surface area contributed by atoms with E-state index in [9.17, 15) is 9.90 Å². The zero-order valence-corrected chi connectivity index (χ0v) is 23.3. The highest BCUT2D eigenvalue weighted by molar-refractivity contribution is 6.82. The fourth-order valence-corrected chi connectivity index (χ4v) is 13.0. The summed E-state index contributed by atoms with van der Waals surface area (Å²) in [6.45, 7) is 13.7. The van der Waals surface area contributed by atoms with Crippen molar-refractivity contribution >= 4 is 25.0 Å². The van der Waals surface area contributed by atoms with Gasteiger partial charge in [-0.1, -0.05) is 90.1 Å². The maximum absolute atomic E-state index is 13.6. The first-order valence-electron chi connectivity index (χ1n) is 12.7. The SMILES string of the molecule is COC(=O)c1c(-c2ccc([O])cc2)c(-c2ccc3ccccc3c2)cn1[Si](C(C)C)(C(C)C)C(C)C. The molecule has 187 valence electrons. The van der Waals surface area contributed by atoms with Crippen LogP contribution in [0.2, 0.25) is 16.6 Å². The first kappa shape index (κ1) is 25.8. The van der Waals surface area contributed by atoms with E-state index in [1.165, 1.54) is 12.5 Å². The quantitative estimate of drug-likeness (QED) is 0.189. The Labute approximate surface area is 215 Å². The summed E-state index contributed by atoms with van der Waals surface area (Å²) in [7, 11) is -0.866. The zero-order chi connectivity index (χ0) is 26.2. The maximum atomic E-state index is 13.6. The molecule has 0 spiro atoms. The number of benzene rings is 3. The third kappa shape index (κ3) is 4.15. The van der Waals surface area contributed by atoms with Crippen LogP contribution in [0.5, 0.6) is 5.75 Å². The third-order valence-electron chi connectivity index (χ3n) is 7.78. The summed E-state index contributed by atoms with van der Waals surface area (Å²) in [4.78, 5) is 13.6. The molecular formula is C31H36NO3Si. The first-order chi connectivity index (χ1) is 17.1. The largest absolute Gasteiger partial charge is 0.464 e. The van der Waals surface area contributed by atoms with Gasteiger partial charge in [0.25, 0.3) is 0 Å². The number of esters is 1. The second-order valence-electron chi connectivity index (χ2n) is 10.6. The van der Waals surface area contributed by atoms with Crippen molar-refractivity contribution in [1.82, 2.24) is 4.23 Å². The molecule has 0 unspecified atom stereocenters. The number of hydrogen-bond acceptors (Lipinski definition) is 2. The fraction of sp³-hybridized carbons (Fsp3) is 0.323. The number of fused-ring (bicyclic) bond motifs is 1. The van der Waals surface area contributed by atoms with Gasteiger partial charge >= 0.3 is 5.97 Å². The summed E-state index contributed by atoms with van der Waals surface area (Å²) >= 11 is 0. The number of nitrogens with zero attached hydrogens (tertiary/aromatic N) is 1. The van der Waals surface area contributed by atoms with Gasteiger partial charge in [-0.25, -0.2) is 4.79 Å². The summed E-state index contributed by atoms with van der Waals surface area (Å²) in [5.41, 5.74) is 5.43. The molecule has 0 aliphatic rings. The van der Waals surface area contributed by atoms with E-state index in [0.29, 0.717) is 22.3 Å². The molecule has 0 aliphatic heterocycles. The molecule has 0 bridgehead atoms. The Hall–Kier alpha value is -3.31. The van der Waals surface area contributed by atoms with E-state index in [-0.39, 0.29) is 11.7 Å². The highest BCUT2D eigenvalue weighted by atomic mass is 28.3. The molecule has 1 aromatic heterocycles. The normalized spacial score (nSPS) is 12.2. The third-order valence-corrected chi connectivity index (χ3v) is 14.5. The minimum Gasteiger partial charge on any atom is -0.464 e. The van der Waals surface area contributed by atoms with Crippen molar-refractivity contribution in [3.63, 3.8) is 0 Å². The van der Waals surface area contributed by atoms with Crippen molar-refractivity contribution in [1.29, 1.82) is 0 Å². The van der Waals surface area contributed by atoms with Crippen LogP contribution in [0.1, 0.15) is 52.0 Å². The molecule has 0 N–H and O–H groups in total. The number of carbonyl (C=O) groups excluding carboxylic acids is 1. The Bertz CT molecular complexity index is 1360. The molecule has 0 amide bonds. The number of carbonyl (C=O) groups is 1. The van der Waals surface area contributed by atoms with Crippen LogP contribution in [-0.2, 0) is 9.84 Å². The Morgan fingerprint density at radius 1 is 0.778 bits per heavy atom. The molecule has 1 heterocycles. The molecule has 0 saturated heterocycles. The molecule has 3 aromatic carbocycles. The Morgan fingerprint density at radius 2 is 1.33 bits per heavy atom. The van der Waals surface area contributed by atoms with Crippen molar-refractivity contribution in [2.45, 2.75) is 58.2 Å². The van der Waals surface area contributed by atoms with E-state index >= 15 is 0 Å². The van der Waals surface area contributed by atoms with Crippen LogP contribution >= 0.6 is 0 Å². The monoisotopic (exact) mass is 498 g/mol. The average Bonchev–Trinajstić information content (AvgIpc) is 3.24. The van der Waals surface area contributed by atoms with E-state index in [0.717, 1.165) is 27.6 Å². The summed E-state index contributed by atoms with van der Waals surface area (Å²) in [6.07, 6.45) is 2.20. The van der Waals surface area contributed by atoms with Crippen LogP contribution in [0.4, 0.5) is 0 Å². The van der Waals surface area contributed by atoms with Gasteiger partial charge in [0.15, 0.2) is 14.0 Å². The van der Waals surface area contributed by atoms with Gasteiger partial charge in [-0.15, -0.1) is 0 Å². The molecular weight excluding hydrogens is 462 g/mol. The van der Waals surface area contributed by atoms with Crippen molar-refractivity contribution < 1.29 is 14.6 Å². The van der Waals surface area contributed by atoms with Crippen LogP contribution in [0.25, 0.3) is 33.0 Å². The first-order valence-corrected chi connectivity index (χ1v) is 14.9. The van der Waals surface area contributed by atoms with Crippen molar-refractivity contribution in [2.24, 2.45) is 0 Å². The van der Waals surface area contributed by atoms with Crippen molar-refractivity contribution in [3.8, 4) is 28.0 Å². The summed E-state index contributed by atoms with van der Waals surface area (Å²) < 4.78 is 7.74. The minimum absolute atomic E-state index is 0.0553. The Kier molecular flexibility index (Phi) is 7.14. The standard InChI is InChI=1S/C31H36NO3Si/c1-20(2)36(21(3)4,22(5)6)32-19-28(26-13-12-23-10-8-9-11-25(23)18-26)29(30(32)31(34)35-7)24-14-16-27(33)17-15-24/h8-22H,1-7H3. The maximum Gasteiger partial charge on any atom is 0.354 e. The Balaban J connectivity index is 2.16. The van der Waals surface area contributed by atoms with E-state index < -0.39 is 8.24 Å². The van der Waals surface area contributed by atoms with E-state index in [4.69, 9.17) is 4.74 Å². The molecule has 36 heavy (non-hydrogen) atoms. The van der Waals surface area contributed by atoms with Gasteiger partial charge in [-0.2, -0.15) is 0 Å². The van der Waals surface area contributed by atoms with Gasteiger partial charge in [-0.3, -0.25) is 5.11 Å². The lowest BCUT2D eigenvalue weighted by atomic mass is 9.95. The van der Waals surface area contributed by atoms with E-state index in [1.54, 1.807) is 12.1 Å². The number of hydrogen-bond donors (Lipinski definition) is 0. The number of ether oxygens (including phenoxy) is 1. The topological polar surface area (TPSA) is 51.1 Å². The van der Waals surface area contributed by atoms with Crippen LogP contribution in [0.15, 0.2) is 72.9 Å². The lowest BCUT2D eigenvalue weighted by Gasteiger charge is -2.44. The van der Waals surface area contributed by atoms with Gasteiger partial charge in [0, 0.05) is 17.3 Å². The predicted octanol–water partition coefficient (Wildman–Crippen LogP) is 8.93. The van der Waals surface area contributed by atoms with Crippen molar-refractivity contribution in [2.75, 3.05) is 7.11 Å². The number of rotatable bonds is 7. The van der Waals surface area contributed by atoms with Crippen LogP contribution in [-0.4, -0.2) is 25.5 Å². The van der Waals surface area contributed by atoms with Gasteiger partial charge in [0.2, 0.25) is 0 Å². The average molecular weight is 499 g/mol. The lowest BCUT2D eigenvalue weighted by Crippen LogP contribution is -2.52. The van der Waals surface area contributed by atoms with Gasteiger partial charge in [0.05, 0.1) is 7.11 Å². The second-order valence-corrected chi connectivity index (χ2v) is 16.3. The highest BCUT2D eigenvalue weighted by Crippen LogP contribution is 2.48. The van der Waals surface area contributed by atoms with Gasteiger partial charge in [-0.05, 0) is 56.7 Å². The highest BCUT2D eigenvalue weighted by Gasteiger charge is 2.48. The molecule has 4 aromatic rings. The van der Waals surface area contributed by atoms with Gasteiger partial charge in [0.1, 0.15) is 5.69 Å². The molecule has 0 fully saturated rings. The lowest BCUT2D eigenvalue weighted by molar-refractivity contribution is 0.0593. The molecule has 4 rings (SSSR count). The van der Waals surface area contributed by atoms with Crippen molar-refractivity contribution in [3.05, 3.63) is 78.6 Å². The molecule has 0 saturated carbocycles. The molecule has 5 heteroatoms. The van der Waals surface area contributed by atoms with Crippen LogP contribution < -0.4 is 0 Å². The number of aromatic nitrogens is 1. The van der Waals surface area contributed by atoms with Gasteiger partial charge < -0.3 is 8.97 Å². The Morgan fingerprint density at radius 3 is 1.89 bits per heavy atom. The fourth-order valence-electron chi connectivity index (χ4n) is 6.43. The summed E-state index contributed by atoms with van der Waals surface area (Å²) in [5, 5.41) is 14.3. The molecule has 0 aliphatic carbocycles. The zero-order valence-electron chi connectivity index (χ0n) is 22.3. The number of methoxy groups -OCH3 is 1. The molecule has 0 atom stereocenters. The van der Waals surface area contributed by atoms with Crippen LogP contribution in [0, 0.1) is 0 Å². The summed E-state index contributed by atoms with van der Waals surface area (Å²) in [5.74, 6) is -0.401. The van der Waals surface area contributed by atoms with Crippen LogP contribution in [0.3, 0.4) is 0 Å². The minimum atomic E-state index is -2.31. The predicted molar refractivity (Wildman–Crippen MR) is 151 cm³/mol. The molecule has 4 nitrogen and oxygen atoms in total. The molecule has 1 radical (unpaired) electrons. The smallest absolute Gasteiger partial charge is 0.354 e. The summed E-state index contributed by atoms with van der Waals surface area (Å²) in [6, 6.07) is 21.5. The second kappa shape index (κ2) is 9.98. The van der Waals surface area contributed by atoms with E-state index in [1.807, 2.05) is 24.3 Å². The van der Waals surface area contributed by atoms with E-state index in [2.05, 4.69) is 82.3 Å².